The Balaban J connectivity index is 0.000000218. The van der Waals surface area contributed by atoms with E-state index in [2.05, 4.69) is 150 Å². The van der Waals surface area contributed by atoms with Gasteiger partial charge in [0.2, 0.25) is 0 Å². The van der Waals surface area contributed by atoms with Crippen molar-refractivity contribution in [2.45, 2.75) is 47.0 Å². The molecule has 0 saturated heterocycles. The first kappa shape index (κ1) is 57.4. The van der Waals surface area contributed by atoms with Crippen LogP contribution in [0, 0.1) is 41.0 Å². The number of nitrogens with zero attached hydrogens (tertiary/aromatic N) is 8. The molecule has 8 aromatic rings. The van der Waals surface area contributed by atoms with Crippen molar-refractivity contribution in [3.05, 3.63) is 200 Å². The second-order valence-electron chi connectivity index (χ2n) is 14.2. The van der Waals surface area contributed by atoms with Crippen LogP contribution in [-0.4, -0.2) is 39.9 Å². The summed E-state index contributed by atoms with van der Waals surface area (Å²) in [6.07, 6.45) is 11.5. The van der Waals surface area contributed by atoms with E-state index in [0.29, 0.717) is 24.2 Å². The van der Waals surface area contributed by atoms with Gasteiger partial charge in [0.1, 0.15) is 39.6 Å². The van der Waals surface area contributed by atoms with Crippen LogP contribution >= 0.6 is 91.6 Å². The predicted molar refractivity (Wildman–Crippen MR) is 268 cm³/mol. The summed E-state index contributed by atoms with van der Waals surface area (Å²) in [5.74, 6) is 0. The number of hydrogen-bond acceptors (Lipinski definition) is 9. The van der Waals surface area contributed by atoms with Crippen LogP contribution in [0.1, 0.15) is 56.0 Å². The van der Waals surface area contributed by atoms with Crippen molar-refractivity contribution < 1.29 is 74.8 Å². The molecular formula is C47H38Cl4I2N9W2Y-. The summed E-state index contributed by atoms with van der Waals surface area (Å²) in [4.78, 5) is 32.1. The number of benzene rings is 4. The van der Waals surface area contributed by atoms with Gasteiger partial charge in [-0.25, -0.2) is 29.9 Å². The minimum absolute atomic E-state index is 0. The summed E-state index contributed by atoms with van der Waals surface area (Å²) in [5.41, 5.74) is 22.8. The monoisotopic (exact) mass is 1580 g/mol. The number of anilines is 1. The maximum atomic E-state index is 6.09. The van der Waals surface area contributed by atoms with Gasteiger partial charge in [0, 0.05) is 105 Å². The van der Waals surface area contributed by atoms with Crippen molar-refractivity contribution in [3.8, 4) is 22.3 Å². The van der Waals surface area contributed by atoms with Crippen molar-refractivity contribution in [2.24, 2.45) is 0 Å². The minimum Gasteiger partial charge on any atom is -0.399 e. The van der Waals surface area contributed by atoms with Crippen LogP contribution in [0.2, 0.25) is 20.6 Å². The molecule has 4 aromatic heterocycles. The summed E-state index contributed by atoms with van der Waals surface area (Å²) in [5, 5.41) is 1.88. The molecule has 0 unspecified atom stereocenters. The average molecular weight is 1580 g/mol. The number of aromatic nitrogens is 8. The Bertz CT molecular complexity index is 2830. The van der Waals surface area contributed by atoms with E-state index in [-0.39, 0.29) is 74.8 Å². The first-order valence-corrected chi connectivity index (χ1v) is 22.7. The molecule has 0 fully saturated rings. The number of fused-ring (bicyclic) bond motifs is 6. The van der Waals surface area contributed by atoms with Gasteiger partial charge in [-0.2, -0.15) is 0 Å². The fourth-order valence-corrected chi connectivity index (χ4v) is 8.04. The molecule has 2 aliphatic carbocycles. The molecule has 0 saturated carbocycles. The van der Waals surface area contributed by atoms with Gasteiger partial charge in [-0.3, -0.25) is 0 Å². The second-order valence-corrected chi connectivity index (χ2v) is 17.8. The zero-order valence-electron chi connectivity index (χ0n) is 35.3. The SMILES string of the molecule is Cc1ccc2c(c1)Cc1ncn[c-]c1-2.Cc1ccc2c(c1)Cc1ncnc(Cl)c1-2.Cc1cccc(Cc2ncnc(Cl)c2I)c1.Cc1cccc(N)c1.Clc1ncnc(Cl)c1I.[W].[W].[Y]. The molecule has 0 aliphatic heterocycles. The number of rotatable bonds is 2. The Morgan fingerprint density at radius 1 is 0.554 bits per heavy atom. The molecule has 4 heterocycles. The molecule has 1 radical (unpaired) electrons. The third kappa shape index (κ3) is 16.4. The van der Waals surface area contributed by atoms with Crippen molar-refractivity contribution >= 4 is 97.3 Å². The van der Waals surface area contributed by atoms with Crippen LogP contribution in [-0.2, 0) is 94.1 Å². The van der Waals surface area contributed by atoms with Gasteiger partial charge in [0.05, 0.1) is 18.5 Å². The standard InChI is InChI=1S/C12H10ClIN2.C12H9ClN2.C12H9N2.C7H9N.C4HCl2IN2.2W.Y/c1-8-3-2-4-9(5-8)6-10-11(14)12(13)16-7-15-10;1-7-2-3-9-8(4-7)5-10-11(9)12(13)15-6-14-10;1-8-2-3-10-9(4-8)5-12-11(10)6-13-7-14-12;1-6-3-2-4-7(8)5-6;5-3-2(7)4(6)9-1-8-3;;;/h2-5,7H,6H2,1H3;2-4,6H,5H2,1H3;2-4,7H,5H2,1H3;2-5H,8H2,1H3;1H;;;/q;;-1;;;;;. The number of halogens is 6. The minimum atomic E-state index is 0. The van der Waals surface area contributed by atoms with Gasteiger partial charge in [-0.1, -0.05) is 147 Å². The van der Waals surface area contributed by atoms with E-state index in [9.17, 15) is 0 Å². The molecule has 4 aromatic carbocycles. The molecule has 329 valence electrons. The molecule has 0 amide bonds. The summed E-state index contributed by atoms with van der Waals surface area (Å²) < 4.78 is 1.63. The first-order chi connectivity index (χ1) is 29.8. The molecular weight excluding hydrogens is 1540 g/mol. The molecule has 0 atom stereocenters. The van der Waals surface area contributed by atoms with Crippen LogP contribution < -0.4 is 5.73 Å². The Hall–Kier alpha value is -1.90. The number of nitrogens with two attached hydrogens (primary N) is 1. The second kappa shape index (κ2) is 27.9. The van der Waals surface area contributed by atoms with Crippen molar-refractivity contribution in [3.63, 3.8) is 0 Å². The largest absolute Gasteiger partial charge is 0.399 e. The maximum absolute atomic E-state index is 6.09. The fourth-order valence-electron chi connectivity index (χ4n) is 6.57. The number of hydrogen-bond donors (Lipinski definition) is 1. The zero-order chi connectivity index (χ0) is 44.3. The summed E-state index contributed by atoms with van der Waals surface area (Å²) in [6, 6.07) is 29.0. The van der Waals surface area contributed by atoms with Crippen LogP contribution in [0.25, 0.3) is 22.3 Å². The van der Waals surface area contributed by atoms with Crippen LogP contribution in [0.5, 0.6) is 0 Å². The average Bonchev–Trinajstić information content (AvgIpc) is 3.80. The summed E-state index contributed by atoms with van der Waals surface area (Å²) in [7, 11) is 0. The molecule has 0 bridgehead atoms. The molecule has 0 spiro atoms. The summed E-state index contributed by atoms with van der Waals surface area (Å²) >= 11 is 27.3. The van der Waals surface area contributed by atoms with E-state index in [4.69, 9.17) is 52.1 Å². The topological polar surface area (TPSA) is 129 Å². The van der Waals surface area contributed by atoms with Crippen LogP contribution in [0.3, 0.4) is 0 Å². The molecule has 65 heavy (non-hydrogen) atoms. The Labute approximate surface area is 480 Å². The normalized spacial score (nSPS) is 10.6. The van der Waals surface area contributed by atoms with Gasteiger partial charge in [0.15, 0.2) is 0 Å². The molecule has 2 N–H and O–H groups in total. The van der Waals surface area contributed by atoms with Crippen LogP contribution in [0.15, 0.2) is 110 Å². The van der Waals surface area contributed by atoms with Gasteiger partial charge in [-0.05, 0) is 126 Å². The smallest absolute Gasteiger partial charge is 0.147 e. The molecule has 10 rings (SSSR count). The Kier molecular flexibility index (Phi) is 24.7. The molecule has 9 nitrogen and oxygen atoms in total. The van der Waals surface area contributed by atoms with Crippen molar-refractivity contribution in [2.75, 3.05) is 5.73 Å². The number of aryl methyl sites for hydroxylation is 4. The van der Waals surface area contributed by atoms with E-state index in [1.54, 1.807) is 6.33 Å². The third-order valence-corrected chi connectivity index (χ3v) is 13.7. The summed E-state index contributed by atoms with van der Waals surface area (Å²) in [6.45, 7) is 8.31. The fraction of sp³-hybridized carbons (Fsp3) is 0.149. The van der Waals surface area contributed by atoms with Crippen molar-refractivity contribution in [1.29, 1.82) is 0 Å². The van der Waals surface area contributed by atoms with E-state index >= 15 is 0 Å². The van der Waals surface area contributed by atoms with E-state index < -0.39 is 0 Å². The maximum Gasteiger partial charge on any atom is 0.147 e. The van der Waals surface area contributed by atoms with E-state index in [1.807, 2.05) is 53.8 Å². The van der Waals surface area contributed by atoms with Gasteiger partial charge in [-0.15, -0.1) is 5.56 Å². The van der Waals surface area contributed by atoms with Gasteiger partial charge in [0.25, 0.3) is 0 Å². The first-order valence-electron chi connectivity index (χ1n) is 19.0. The van der Waals surface area contributed by atoms with E-state index in [1.165, 1.54) is 69.1 Å². The quantitative estimate of drug-likeness (QED) is 0.0778. The van der Waals surface area contributed by atoms with Crippen LogP contribution in [0.4, 0.5) is 5.69 Å². The molecule has 2 aliphatic rings. The van der Waals surface area contributed by atoms with Gasteiger partial charge >= 0.3 is 0 Å². The van der Waals surface area contributed by atoms with Crippen molar-refractivity contribution in [1.82, 2.24) is 39.9 Å². The zero-order valence-corrected chi connectivity index (χ0v) is 51.4. The van der Waals surface area contributed by atoms with E-state index in [0.717, 1.165) is 56.7 Å². The number of nitrogen functional groups attached to an aromatic ring is 1. The molecule has 18 heteroatoms. The predicted octanol–water partition coefficient (Wildman–Crippen LogP) is 12.8. The Morgan fingerprint density at radius 3 is 1.66 bits per heavy atom. The Morgan fingerprint density at radius 2 is 1.06 bits per heavy atom. The van der Waals surface area contributed by atoms with Gasteiger partial charge < -0.3 is 15.7 Å². The third-order valence-electron chi connectivity index (χ3n) is 9.41.